The molecule has 0 N–H and O–H groups in total. The average Bonchev–Trinajstić information content (AvgIpc) is 2.68. The molecule has 0 saturated heterocycles. The fourth-order valence-corrected chi connectivity index (χ4v) is 1.90. The molecule has 0 amide bonds. The largest absolute Gasteiger partial charge is 0.465 e. The van der Waals surface area contributed by atoms with Crippen LogP contribution in [0.15, 0.2) is 36.4 Å². The van der Waals surface area contributed by atoms with E-state index in [4.69, 9.17) is 9.47 Å². The minimum Gasteiger partial charge on any atom is -0.465 e. The summed E-state index contributed by atoms with van der Waals surface area (Å²) in [5, 5.41) is 0. The van der Waals surface area contributed by atoms with Crippen LogP contribution in [0.25, 0.3) is 11.1 Å². The Morgan fingerprint density at radius 1 is 1.11 bits per heavy atom. The van der Waals surface area contributed by atoms with Gasteiger partial charge in [0.25, 0.3) is 0 Å². The topological polar surface area (TPSA) is 52.6 Å². The molecule has 4 heteroatoms. The Balaban J connectivity index is 2.52. The van der Waals surface area contributed by atoms with Crippen molar-refractivity contribution in [3.63, 3.8) is 0 Å². The highest BCUT2D eigenvalue weighted by molar-refractivity contribution is 6.00. The van der Waals surface area contributed by atoms with Crippen LogP contribution < -0.4 is 0 Å². The van der Waals surface area contributed by atoms with E-state index in [1.165, 1.54) is 7.11 Å². The van der Waals surface area contributed by atoms with Crippen LogP contribution in [-0.2, 0) is 9.47 Å². The summed E-state index contributed by atoms with van der Waals surface area (Å²) in [5.74, 6) is -0.826. The van der Waals surface area contributed by atoms with E-state index in [0.717, 1.165) is 5.56 Å². The lowest BCUT2D eigenvalue weighted by molar-refractivity contribution is 0.0525. The molecule has 0 atom stereocenters. The third-order valence-corrected chi connectivity index (χ3v) is 2.80. The van der Waals surface area contributed by atoms with Crippen molar-refractivity contribution in [1.82, 2.24) is 0 Å². The van der Waals surface area contributed by atoms with Gasteiger partial charge in [-0.05, 0) is 36.2 Å². The summed E-state index contributed by atoms with van der Waals surface area (Å²) in [7, 11) is 1.33. The number of carbonyl (C=O) groups is 2. The van der Waals surface area contributed by atoms with E-state index in [1.54, 1.807) is 31.2 Å². The van der Waals surface area contributed by atoms with Gasteiger partial charge < -0.3 is 9.47 Å². The smallest absolute Gasteiger partial charge is 0.338 e. The zero-order valence-electron chi connectivity index (χ0n) is 10.8. The van der Waals surface area contributed by atoms with Gasteiger partial charge in [0.05, 0.1) is 24.8 Å². The molecule has 0 saturated carbocycles. The second-order valence-electron chi connectivity index (χ2n) is 3.95. The monoisotopic (exact) mass is 258 g/mol. The van der Waals surface area contributed by atoms with Crippen molar-refractivity contribution in [3.05, 3.63) is 47.5 Å². The van der Waals surface area contributed by atoms with Gasteiger partial charge in [0.2, 0.25) is 0 Å². The van der Waals surface area contributed by atoms with Crippen molar-refractivity contribution in [2.24, 2.45) is 0 Å². The second kappa shape index (κ2) is 5.52. The molecule has 0 aromatic heterocycles. The number of rotatable bonds is 3. The lowest BCUT2D eigenvalue weighted by Crippen LogP contribution is -2.04. The van der Waals surface area contributed by atoms with E-state index in [9.17, 15) is 9.59 Å². The summed E-state index contributed by atoms with van der Waals surface area (Å²) in [5.41, 5.74) is 2.41. The molecule has 0 aromatic rings. The number of hydrogen-bond donors (Lipinski definition) is 0. The Morgan fingerprint density at radius 2 is 1.89 bits per heavy atom. The maximum absolute atomic E-state index is 11.8. The van der Waals surface area contributed by atoms with Gasteiger partial charge in [0.1, 0.15) is 0 Å². The molecule has 0 bridgehead atoms. The molecule has 2 aliphatic rings. The van der Waals surface area contributed by atoms with E-state index in [2.05, 4.69) is 0 Å². The summed E-state index contributed by atoms with van der Waals surface area (Å²) >= 11 is 0. The molecule has 98 valence electrons. The van der Waals surface area contributed by atoms with Crippen LogP contribution in [-0.4, -0.2) is 25.7 Å². The summed E-state index contributed by atoms with van der Waals surface area (Å²) in [4.78, 5) is 23.4. The first-order valence-electron chi connectivity index (χ1n) is 5.95. The zero-order valence-corrected chi connectivity index (χ0v) is 10.8. The summed E-state index contributed by atoms with van der Waals surface area (Å²) in [6.45, 7) is 2.06. The molecule has 0 spiro atoms. The predicted octanol–water partition coefficient (Wildman–Crippen LogP) is 2.75. The predicted molar refractivity (Wildman–Crippen MR) is 70.4 cm³/mol. The van der Waals surface area contributed by atoms with Crippen LogP contribution in [0.1, 0.15) is 27.6 Å². The SMILES string of the molecule is CCOC(=O)c1cccc2ccc(C(=O)OC)c-2c1. The maximum Gasteiger partial charge on any atom is 0.338 e. The third-order valence-electron chi connectivity index (χ3n) is 2.80. The van der Waals surface area contributed by atoms with Crippen molar-refractivity contribution < 1.29 is 19.1 Å². The normalized spacial score (nSPS) is 10.2. The number of fused-ring (bicyclic) bond motifs is 1. The number of hydrogen-bond acceptors (Lipinski definition) is 4. The molecular formula is C15H14O4. The van der Waals surface area contributed by atoms with Crippen molar-refractivity contribution >= 4 is 11.9 Å². The molecular weight excluding hydrogens is 244 g/mol. The number of ether oxygens (including phenoxy) is 2. The average molecular weight is 258 g/mol. The first kappa shape index (κ1) is 13.1. The van der Waals surface area contributed by atoms with Crippen LogP contribution >= 0.6 is 0 Å². The Labute approximate surface area is 111 Å². The van der Waals surface area contributed by atoms with Gasteiger partial charge >= 0.3 is 11.9 Å². The quantitative estimate of drug-likeness (QED) is 0.794. The Hall–Kier alpha value is -2.36. The van der Waals surface area contributed by atoms with Crippen LogP contribution in [0.4, 0.5) is 0 Å². The first-order valence-corrected chi connectivity index (χ1v) is 5.95. The van der Waals surface area contributed by atoms with Gasteiger partial charge in [-0.1, -0.05) is 18.2 Å². The molecule has 0 radical (unpaired) electrons. The Kier molecular flexibility index (Phi) is 3.80. The lowest BCUT2D eigenvalue weighted by Gasteiger charge is -2.02. The van der Waals surface area contributed by atoms with Crippen molar-refractivity contribution in [1.29, 1.82) is 0 Å². The van der Waals surface area contributed by atoms with E-state index in [-0.39, 0.29) is 0 Å². The summed E-state index contributed by atoms with van der Waals surface area (Å²) in [6, 6.07) is 10.4. The first-order chi connectivity index (χ1) is 9.17. The summed E-state index contributed by atoms with van der Waals surface area (Å²) in [6.07, 6.45) is 0. The lowest BCUT2D eigenvalue weighted by atomic mass is 10.1. The molecule has 0 fully saturated rings. The zero-order chi connectivity index (χ0) is 13.8. The Morgan fingerprint density at radius 3 is 2.58 bits per heavy atom. The summed E-state index contributed by atoms with van der Waals surface area (Å²) < 4.78 is 9.69. The molecule has 0 aromatic carbocycles. The fourth-order valence-electron chi connectivity index (χ4n) is 1.90. The van der Waals surface area contributed by atoms with Crippen molar-refractivity contribution in [3.8, 4) is 11.1 Å². The molecule has 19 heavy (non-hydrogen) atoms. The van der Waals surface area contributed by atoms with Gasteiger partial charge in [-0.3, -0.25) is 0 Å². The Bertz CT molecular complexity index is 589. The van der Waals surface area contributed by atoms with Crippen LogP contribution in [0.3, 0.4) is 0 Å². The van der Waals surface area contributed by atoms with E-state index in [0.29, 0.717) is 23.3 Å². The van der Waals surface area contributed by atoms with Gasteiger partial charge in [-0.2, -0.15) is 0 Å². The van der Waals surface area contributed by atoms with Crippen molar-refractivity contribution in [2.45, 2.75) is 6.92 Å². The molecule has 0 unspecified atom stereocenters. The molecule has 2 rings (SSSR count). The molecule has 0 heterocycles. The number of esters is 2. The third kappa shape index (κ3) is 2.57. The highest BCUT2D eigenvalue weighted by Gasteiger charge is 2.17. The van der Waals surface area contributed by atoms with Crippen LogP contribution in [0.2, 0.25) is 0 Å². The highest BCUT2D eigenvalue weighted by Crippen LogP contribution is 2.28. The standard InChI is InChI=1S/C15H14O4/c1-3-19-14(16)11-6-4-5-10-7-8-12(13(10)9-11)15(17)18-2/h4-9H,3H2,1-2H3. The van der Waals surface area contributed by atoms with Crippen LogP contribution in [0.5, 0.6) is 0 Å². The van der Waals surface area contributed by atoms with Crippen molar-refractivity contribution in [2.75, 3.05) is 13.7 Å². The minimum atomic E-state index is -0.420. The van der Waals surface area contributed by atoms with Crippen LogP contribution in [0, 0.1) is 0 Å². The number of carbonyl (C=O) groups excluding carboxylic acids is 2. The highest BCUT2D eigenvalue weighted by atomic mass is 16.5. The van der Waals surface area contributed by atoms with E-state index < -0.39 is 11.9 Å². The maximum atomic E-state index is 11.8. The fraction of sp³-hybridized carbons (Fsp3) is 0.200. The van der Waals surface area contributed by atoms with Gasteiger partial charge in [0, 0.05) is 0 Å². The van der Waals surface area contributed by atoms with Gasteiger partial charge in [-0.15, -0.1) is 0 Å². The molecule has 2 aliphatic carbocycles. The van der Waals surface area contributed by atoms with E-state index in [1.807, 2.05) is 12.1 Å². The van der Waals surface area contributed by atoms with E-state index >= 15 is 0 Å². The number of methoxy groups -OCH3 is 1. The second-order valence-corrected chi connectivity index (χ2v) is 3.95. The minimum absolute atomic E-state index is 0.311. The molecule has 4 nitrogen and oxygen atoms in total. The molecule has 0 aliphatic heterocycles. The van der Waals surface area contributed by atoms with Gasteiger partial charge in [-0.25, -0.2) is 9.59 Å². The van der Waals surface area contributed by atoms with Gasteiger partial charge in [0.15, 0.2) is 0 Å².